The van der Waals surface area contributed by atoms with Crippen LogP contribution in [0.1, 0.15) is 55.1 Å². The Balaban J connectivity index is 1.97. The van der Waals surface area contributed by atoms with Crippen molar-refractivity contribution in [1.29, 1.82) is 0 Å². The first-order valence-electron chi connectivity index (χ1n) is 8.09. The molecule has 0 saturated carbocycles. The van der Waals surface area contributed by atoms with Crippen molar-refractivity contribution < 1.29 is 23.8 Å². The number of methoxy groups -OCH3 is 1. The summed E-state index contributed by atoms with van der Waals surface area (Å²) < 4.78 is 16.8. The van der Waals surface area contributed by atoms with Gasteiger partial charge in [0, 0.05) is 17.5 Å². The van der Waals surface area contributed by atoms with E-state index in [9.17, 15) is 9.59 Å². The molecule has 5 heteroatoms. The van der Waals surface area contributed by atoms with Gasteiger partial charge in [0.2, 0.25) is 0 Å². The van der Waals surface area contributed by atoms with Crippen molar-refractivity contribution in [3.05, 3.63) is 34.4 Å². The van der Waals surface area contributed by atoms with Crippen LogP contribution >= 0.6 is 0 Å². The van der Waals surface area contributed by atoms with Crippen LogP contribution in [0.25, 0.3) is 0 Å². The fourth-order valence-corrected chi connectivity index (χ4v) is 3.36. The minimum absolute atomic E-state index is 0.0489. The van der Waals surface area contributed by atoms with Gasteiger partial charge in [-0.15, -0.1) is 0 Å². The van der Waals surface area contributed by atoms with Crippen LogP contribution in [-0.4, -0.2) is 24.5 Å². The lowest BCUT2D eigenvalue weighted by molar-refractivity contribution is -0.118. The predicted octanol–water partition coefficient (Wildman–Crippen LogP) is 3.37. The average Bonchev–Trinajstić information content (AvgIpc) is 2.86. The smallest absolute Gasteiger partial charge is 0.339 e. The number of ketones is 1. The Kier molecular flexibility index (Phi) is 4.11. The van der Waals surface area contributed by atoms with Crippen LogP contribution in [0, 0.1) is 0 Å². The van der Waals surface area contributed by atoms with Gasteiger partial charge < -0.3 is 14.2 Å². The summed E-state index contributed by atoms with van der Waals surface area (Å²) in [5.74, 6) is 0.977. The molecule has 2 heterocycles. The fraction of sp³-hybridized carbons (Fsp3) is 0.474. The monoisotopic (exact) mass is 330 g/mol. The van der Waals surface area contributed by atoms with Crippen molar-refractivity contribution >= 4 is 11.8 Å². The van der Waals surface area contributed by atoms with Gasteiger partial charge in [-0.3, -0.25) is 4.79 Å². The van der Waals surface area contributed by atoms with Crippen molar-refractivity contribution in [2.24, 2.45) is 0 Å². The Bertz CT molecular complexity index is 743. The summed E-state index contributed by atoms with van der Waals surface area (Å²) in [5.41, 5.74) is 2.58. The van der Waals surface area contributed by atoms with E-state index >= 15 is 0 Å². The van der Waals surface area contributed by atoms with E-state index in [1.165, 1.54) is 0 Å². The van der Waals surface area contributed by atoms with Crippen molar-refractivity contribution in [3.63, 3.8) is 0 Å². The Morgan fingerprint density at radius 3 is 2.79 bits per heavy atom. The lowest BCUT2D eigenvalue weighted by Crippen LogP contribution is -2.39. The number of rotatable bonds is 4. The molecule has 1 unspecified atom stereocenters. The van der Waals surface area contributed by atoms with E-state index < -0.39 is 5.60 Å². The highest BCUT2D eigenvalue weighted by molar-refractivity contribution is 5.95. The Morgan fingerprint density at radius 1 is 1.38 bits per heavy atom. The highest BCUT2D eigenvalue weighted by atomic mass is 16.5. The summed E-state index contributed by atoms with van der Waals surface area (Å²) in [6.07, 6.45) is 3.40. The average molecular weight is 330 g/mol. The number of fused-ring (bicyclic) bond motifs is 3. The molecule has 2 aliphatic heterocycles. The SMILES string of the molecule is COc1cc2c(c3c1CCC(C)(CC(=O)C=C(C)C)O3)COC2=O. The van der Waals surface area contributed by atoms with Gasteiger partial charge in [0.15, 0.2) is 5.78 Å². The van der Waals surface area contributed by atoms with Crippen molar-refractivity contribution in [2.45, 2.75) is 52.2 Å². The number of benzene rings is 1. The third-order valence-corrected chi connectivity index (χ3v) is 4.48. The Labute approximate surface area is 141 Å². The molecule has 0 radical (unpaired) electrons. The van der Waals surface area contributed by atoms with Gasteiger partial charge in [-0.25, -0.2) is 4.79 Å². The van der Waals surface area contributed by atoms with Crippen LogP contribution in [-0.2, 0) is 22.6 Å². The molecule has 3 rings (SSSR count). The molecule has 2 aliphatic rings. The minimum atomic E-state index is -0.595. The number of hydrogen-bond acceptors (Lipinski definition) is 5. The van der Waals surface area contributed by atoms with Crippen LogP contribution < -0.4 is 9.47 Å². The number of esters is 1. The van der Waals surface area contributed by atoms with Crippen LogP contribution in [0.3, 0.4) is 0 Å². The summed E-state index contributed by atoms with van der Waals surface area (Å²) in [6.45, 7) is 5.95. The molecule has 5 nitrogen and oxygen atoms in total. The molecule has 0 amide bonds. The lowest BCUT2D eigenvalue weighted by Gasteiger charge is -2.36. The van der Waals surface area contributed by atoms with Gasteiger partial charge in [-0.2, -0.15) is 0 Å². The Morgan fingerprint density at radius 2 is 2.12 bits per heavy atom. The molecule has 0 fully saturated rings. The van der Waals surface area contributed by atoms with E-state index in [4.69, 9.17) is 14.2 Å². The summed E-state index contributed by atoms with van der Waals surface area (Å²) in [4.78, 5) is 24.1. The molecule has 1 atom stereocenters. The molecule has 24 heavy (non-hydrogen) atoms. The highest BCUT2D eigenvalue weighted by Gasteiger charge is 2.39. The van der Waals surface area contributed by atoms with Crippen molar-refractivity contribution in [1.82, 2.24) is 0 Å². The number of allylic oxidation sites excluding steroid dienone is 2. The second-order valence-corrected chi connectivity index (χ2v) is 6.91. The first-order chi connectivity index (χ1) is 11.3. The van der Waals surface area contributed by atoms with Gasteiger partial charge in [-0.1, -0.05) is 5.57 Å². The summed E-state index contributed by atoms with van der Waals surface area (Å²) in [7, 11) is 1.58. The van der Waals surface area contributed by atoms with E-state index in [-0.39, 0.29) is 18.4 Å². The third-order valence-electron chi connectivity index (χ3n) is 4.48. The standard InChI is InChI=1S/C19H22O5/c1-11(2)7-12(20)9-19(3)6-5-13-16(22-4)8-14-15(17(13)24-19)10-23-18(14)21/h7-8H,5-6,9-10H2,1-4H3. The van der Waals surface area contributed by atoms with E-state index in [2.05, 4.69) is 0 Å². The largest absolute Gasteiger partial charge is 0.496 e. The minimum Gasteiger partial charge on any atom is -0.496 e. The quantitative estimate of drug-likeness (QED) is 0.625. The molecule has 0 bridgehead atoms. The van der Waals surface area contributed by atoms with Crippen LogP contribution in [0.5, 0.6) is 11.5 Å². The van der Waals surface area contributed by atoms with Crippen LogP contribution in [0.4, 0.5) is 0 Å². The second kappa shape index (κ2) is 5.96. The first kappa shape index (κ1) is 16.6. The van der Waals surface area contributed by atoms with E-state index in [1.54, 1.807) is 19.3 Å². The zero-order valence-corrected chi connectivity index (χ0v) is 14.5. The summed E-state index contributed by atoms with van der Waals surface area (Å²) in [6, 6.07) is 1.73. The number of carbonyl (C=O) groups is 2. The molecule has 1 aromatic rings. The van der Waals surface area contributed by atoms with E-state index in [0.717, 1.165) is 23.1 Å². The molecule has 0 spiro atoms. The zero-order chi connectivity index (χ0) is 17.5. The topological polar surface area (TPSA) is 61.8 Å². The summed E-state index contributed by atoms with van der Waals surface area (Å²) in [5, 5.41) is 0. The van der Waals surface area contributed by atoms with E-state index in [1.807, 2.05) is 20.8 Å². The summed E-state index contributed by atoms with van der Waals surface area (Å²) >= 11 is 0. The molecule has 0 N–H and O–H groups in total. The third kappa shape index (κ3) is 2.90. The van der Waals surface area contributed by atoms with Crippen molar-refractivity contribution in [3.8, 4) is 11.5 Å². The molecule has 128 valence electrons. The first-order valence-corrected chi connectivity index (χ1v) is 8.09. The van der Waals surface area contributed by atoms with Gasteiger partial charge in [0.1, 0.15) is 23.7 Å². The maximum absolute atomic E-state index is 12.2. The molecule has 1 aromatic carbocycles. The van der Waals surface area contributed by atoms with Gasteiger partial charge in [0.05, 0.1) is 12.7 Å². The van der Waals surface area contributed by atoms with Gasteiger partial charge >= 0.3 is 5.97 Å². The van der Waals surface area contributed by atoms with Crippen LogP contribution in [0.2, 0.25) is 0 Å². The number of carbonyl (C=O) groups excluding carboxylic acids is 2. The van der Waals surface area contributed by atoms with Crippen LogP contribution in [0.15, 0.2) is 17.7 Å². The molecule has 0 aliphatic carbocycles. The Hall–Kier alpha value is -2.30. The maximum atomic E-state index is 12.2. The highest BCUT2D eigenvalue weighted by Crippen LogP contribution is 2.45. The van der Waals surface area contributed by atoms with Gasteiger partial charge in [-0.05, 0) is 45.8 Å². The van der Waals surface area contributed by atoms with Crippen molar-refractivity contribution in [2.75, 3.05) is 7.11 Å². The predicted molar refractivity (Wildman–Crippen MR) is 88.5 cm³/mol. The second-order valence-electron chi connectivity index (χ2n) is 6.91. The fourth-order valence-electron chi connectivity index (χ4n) is 3.36. The molecular formula is C19H22O5. The van der Waals surface area contributed by atoms with Gasteiger partial charge in [0.25, 0.3) is 0 Å². The zero-order valence-electron chi connectivity index (χ0n) is 14.5. The maximum Gasteiger partial charge on any atom is 0.339 e. The number of ether oxygens (including phenoxy) is 3. The normalized spacial score (nSPS) is 21.2. The molecule has 0 saturated heterocycles. The molecular weight excluding hydrogens is 308 g/mol. The number of cyclic esters (lactones) is 1. The number of hydrogen-bond donors (Lipinski definition) is 0. The molecule has 0 aromatic heterocycles. The van der Waals surface area contributed by atoms with E-state index in [0.29, 0.717) is 29.9 Å². The lowest BCUT2D eigenvalue weighted by atomic mass is 9.86.